The maximum absolute atomic E-state index is 11.7. The van der Waals surface area contributed by atoms with Gasteiger partial charge in [0.05, 0.1) is 11.4 Å². The Bertz CT molecular complexity index is 785. The Morgan fingerprint density at radius 1 is 1.29 bits per heavy atom. The van der Waals surface area contributed by atoms with Crippen molar-refractivity contribution in [3.05, 3.63) is 39.6 Å². The second kappa shape index (κ2) is 6.16. The lowest BCUT2D eigenvalue weighted by Gasteiger charge is -2.05. The van der Waals surface area contributed by atoms with Gasteiger partial charge < -0.3 is 0 Å². The van der Waals surface area contributed by atoms with Crippen molar-refractivity contribution in [3.8, 4) is 5.69 Å². The van der Waals surface area contributed by atoms with Gasteiger partial charge in [-0.3, -0.25) is 0 Å². The van der Waals surface area contributed by atoms with E-state index in [1.165, 1.54) is 4.68 Å². The van der Waals surface area contributed by atoms with E-state index in [0.717, 1.165) is 12.0 Å². The highest BCUT2D eigenvalue weighted by Gasteiger charge is 2.26. The maximum Gasteiger partial charge on any atom is 0.266 e. The number of hydrogen-bond acceptors (Lipinski definition) is 3. The van der Waals surface area contributed by atoms with Gasteiger partial charge in [-0.15, -0.1) is 0 Å². The largest absolute Gasteiger partial charge is 0.266 e. The van der Waals surface area contributed by atoms with Gasteiger partial charge in [-0.05, 0) is 31.0 Å². The van der Waals surface area contributed by atoms with E-state index in [2.05, 4.69) is 5.10 Å². The lowest BCUT2D eigenvalue weighted by molar-refractivity contribution is 0.608. The van der Waals surface area contributed by atoms with Gasteiger partial charge in [0.1, 0.15) is 4.90 Å². The molecule has 0 spiro atoms. The normalized spacial score (nSPS) is 11.9. The van der Waals surface area contributed by atoms with Crippen LogP contribution in [0.1, 0.15) is 24.6 Å². The van der Waals surface area contributed by atoms with Crippen molar-refractivity contribution in [3.63, 3.8) is 0 Å². The standard InChI is InChI=1S/C13H13Cl3N2O2S/c1-3-4-11-12(21(16,19)20)13(15)18(17-11)9-6-5-8(2)10(14)7-9/h5-7H,3-4H2,1-2H3. The fraction of sp³-hybridized carbons (Fsp3) is 0.308. The molecule has 4 nitrogen and oxygen atoms in total. The fourth-order valence-electron chi connectivity index (χ4n) is 1.95. The first-order valence-electron chi connectivity index (χ1n) is 6.24. The zero-order valence-corrected chi connectivity index (χ0v) is 14.5. The van der Waals surface area contributed by atoms with Crippen LogP contribution in [0.25, 0.3) is 5.69 Å². The van der Waals surface area contributed by atoms with Crippen molar-refractivity contribution in [2.24, 2.45) is 0 Å². The number of hydrogen-bond donors (Lipinski definition) is 0. The zero-order chi connectivity index (χ0) is 15.8. The molecule has 2 aromatic rings. The Labute approximate surface area is 138 Å². The molecule has 1 heterocycles. The molecule has 0 aliphatic rings. The molecule has 0 saturated heterocycles. The Morgan fingerprint density at radius 2 is 1.95 bits per heavy atom. The van der Waals surface area contributed by atoms with Crippen LogP contribution in [-0.4, -0.2) is 18.2 Å². The first kappa shape index (κ1) is 16.6. The Balaban J connectivity index is 2.68. The number of aryl methyl sites for hydroxylation is 2. The van der Waals surface area contributed by atoms with Crippen molar-refractivity contribution in [1.82, 2.24) is 9.78 Å². The summed E-state index contributed by atoms with van der Waals surface area (Å²) < 4.78 is 24.8. The summed E-state index contributed by atoms with van der Waals surface area (Å²) in [7, 11) is 1.50. The molecule has 0 atom stereocenters. The predicted molar refractivity (Wildman–Crippen MR) is 85.4 cm³/mol. The minimum absolute atomic E-state index is 0.0339. The summed E-state index contributed by atoms with van der Waals surface area (Å²) in [5.41, 5.74) is 1.84. The molecular formula is C13H13Cl3N2O2S. The third-order valence-electron chi connectivity index (χ3n) is 2.99. The average Bonchev–Trinajstić information content (AvgIpc) is 2.70. The molecule has 1 aromatic carbocycles. The lowest BCUT2D eigenvalue weighted by atomic mass is 10.2. The van der Waals surface area contributed by atoms with Crippen LogP contribution in [0.2, 0.25) is 10.2 Å². The molecule has 0 aliphatic carbocycles. The van der Waals surface area contributed by atoms with Crippen molar-refractivity contribution < 1.29 is 8.42 Å². The van der Waals surface area contributed by atoms with E-state index in [-0.39, 0.29) is 10.0 Å². The van der Waals surface area contributed by atoms with Crippen molar-refractivity contribution in [2.45, 2.75) is 31.6 Å². The smallest absolute Gasteiger partial charge is 0.220 e. The van der Waals surface area contributed by atoms with E-state index in [1.807, 2.05) is 19.9 Å². The van der Waals surface area contributed by atoms with Crippen molar-refractivity contribution >= 4 is 42.9 Å². The van der Waals surface area contributed by atoms with E-state index in [4.69, 9.17) is 33.9 Å². The second-order valence-electron chi connectivity index (χ2n) is 4.60. The van der Waals surface area contributed by atoms with Gasteiger partial charge in [-0.1, -0.05) is 42.6 Å². The molecule has 0 amide bonds. The highest BCUT2D eigenvalue weighted by atomic mass is 35.7. The first-order valence-corrected chi connectivity index (χ1v) is 9.30. The summed E-state index contributed by atoms with van der Waals surface area (Å²) in [6.07, 6.45) is 1.19. The van der Waals surface area contributed by atoms with Crippen LogP contribution < -0.4 is 0 Å². The number of benzene rings is 1. The SMILES string of the molecule is CCCc1nn(-c2ccc(C)c(Cl)c2)c(Cl)c1S(=O)(=O)Cl. The summed E-state index contributed by atoms with van der Waals surface area (Å²) in [4.78, 5) is -0.135. The summed E-state index contributed by atoms with van der Waals surface area (Å²) in [5, 5.41) is 4.78. The molecule has 0 radical (unpaired) electrons. The van der Waals surface area contributed by atoms with E-state index >= 15 is 0 Å². The van der Waals surface area contributed by atoms with Gasteiger partial charge in [0.15, 0.2) is 5.15 Å². The molecule has 0 fully saturated rings. The highest BCUT2D eigenvalue weighted by molar-refractivity contribution is 8.13. The number of aromatic nitrogens is 2. The van der Waals surface area contributed by atoms with Crippen LogP contribution in [0, 0.1) is 6.92 Å². The Kier molecular flexibility index (Phi) is 4.88. The molecule has 0 unspecified atom stereocenters. The molecular weight excluding hydrogens is 355 g/mol. The van der Waals surface area contributed by atoms with E-state index < -0.39 is 9.05 Å². The predicted octanol–water partition coefficient (Wildman–Crippen LogP) is 4.37. The van der Waals surface area contributed by atoms with Crippen LogP contribution in [0.4, 0.5) is 0 Å². The molecule has 0 saturated carbocycles. The van der Waals surface area contributed by atoms with Gasteiger partial charge in [-0.2, -0.15) is 5.10 Å². The van der Waals surface area contributed by atoms with Gasteiger partial charge >= 0.3 is 0 Å². The highest BCUT2D eigenvalue weighted by Crippen LogP contribution is 2.32. The minimum Gasteiger partial charge on any atom is -0.220 e. The maximum atomic E-state index is 11.7. The zero-order valence-electron chi connectivity index (χ0n) is 11.4. The quantitative estimate of drug-likeness (QED) is 0.754. The molecule has 0 bridgehead atoms. The van der Waals surface area contributed by atoms with Crippen LogP contribution in [0.3, 0.4) is 0 Å². The summed E-state index contributed by atoms with van der Waals surface area (Å²) >= 11 is 12.3. The Hall–Kier alpha value is -0.750. The molecule has 0 N–H and O–H groups in total. The molecule has 0 aliphatic heterocycles. The van der Waals surface area contributed by atoms with E-state index in [1.54, 1.807) is 12.1 Å². The average molecular weight is 368 g/mol. The van der Waals surface area contributed by atoms with Crippen LogP contribution >= 0.6 is 33.9 Å². The third-order valence-corrected chi connectivity index (χ3v) is 5.23. The van der Waals surface area contributed by atoms with Crippen LogP contribution in [-0.2, 0) is 15.5 Å². The topological polar surface area (TPSA) is 52.0 Å². The monoisotopic (exact) mass is 366 g/mol. The lowest BCUT2D eigenvalue weighted by Crippen LogP contribution is -1.98. The van der Waals surface area contributed by atoms with Crippen LogP contribution in [0.5, 0.6) is 0 Å². The Morgan fingerprint density at radius 3 is 2.48 bits per heavy atom. The van der Waals surface area contributed by atoms with Crippen LogP contribution in [0.15, 0.2) is 23.1 Å². The summed E-state index contributed by atoms with van der Waals surface area (Å²) in [6, 6.07) is 5.25. The van der Waals surface area contributed by atoms with Crippen molar-refractivity contribution in [1.29, 1.82) is 0 Å². The summed E-state index contributed by atoms with van der Waals surface area (Å²) in [5.74, 6) is 0. The van der Waals surface area contributed by atoms with E-state index in [0.29, 0.717) is 22.8 Å². The molecule has 21 heavy (non-hydrogen) atoms. The number of rotatable bonds is 4. The molecule has 8 heteroatoms. The number of halogens is 3. The van der Waals surface area contributed by atoms with Gasteiger partial charge in [0.25, 0.3) is 9.05 Å². The molecule has 114 valence electrons. The van der Waals surface area contributed by atoms with E-state index in [9.17, 15) is 8.42 Å². The van der Waals surface area contributed by atoms with Gasteiger partial charge in [-0.25, -0.2) is 13.1 Å². The first-order chi connectivity index (χ1) is 9.75. The number of nitrogens with zero attached hydrogens (tertiary/aromatic N) is 2. The second-order valence-corrected chi connectivity index (χ2v) is 7.87. The molecule has 1 aromatic heterocycles. The minimum atomic E-state index is -3.97. The van der Waals surface area contributed by atoms with Crippen molar-refractivity contribution in [2.75, 3.05) is 0 Å². The molecule has 2 rings (SSSR count). The van der Waals surface area contributed by atoms with Gasteiger partial charge in [0.2, 0.25) is 0 Å². The van der Waals surface area contributed by atoms with Gasteiger partial charge in [0, 0.05) is 15.7 Å². The summed E-state index contributed by atoms with van der Waals surface area (Å²) in [6.45, 7) is 3.79. The fourth-order valence-corrected chi connectivity index (χ4v) is 3.99. The third kappa shape index (κ3) is 3.37.